The number of carbonyl (C=O) groups is 1. The molecule has 0 fully saturated rings. The van der Waals surface area contributed by atoms with Crippen LogP contribution in [0.15, 0.2) is 60.0 Å². The van der Waals surface area contributed by atoms with Gasteiger partial charge in [-0.3, -0.25) is 9.52 Å². The molecule has 2 aromatic rings. The maximum Gasteiger partial charge on any atom is 0.264 e. The van der Waals surface area contributed by atoms with Crippen molar-refractivity contribution in [1.82, 2.24) is 0 Å². The molecule has 138 valence electrons. The Morgan fingerprint density at radius 3 is 2.65 bits per heavy atom. The Kier molecular flexibility index (Phi) is 7.07. The molecule has 0 aromatic heterocycles. The van der Waals surface area contributed by atoms with Crippen LogP contribution in [0, 0.1) is 5.82 Å². The van der Waals surface area contributed by atoms with Gasteiger partial charge in [-0.25, -0.2) is 12.8 Å². The Bertz CT molecular complexity index is 920. The van der Waals surface area contributed by atoms with Gasteiger partial charge in [-0.1, -0.05) is 29.8 Å². The van der Waals surface area contributed by atoms with Gasteiger partial charge in [-0.05, 0) is 30.3 Å². The molecule has 0 spiro atoms. The number of halogens is 2. The highest BCUT2D eigenvalue weighted by Crippen LogP contribution is 2.28. The van der Waals surface area contributed by atoms with E-state index < -0.39 is 20.7 Å². The van der Waals surface area contributed by atoms with Gasteiger partial charge >= 0.3 is 0 Å². The summed E-state index contributed by atoms with van der Waals surface area (Å²) >= 11 is 7.28. The average molecular weight is 415 g/mol. The maximum absolute atomic E-state index is 13.8. The molecule has 0 atom stereocenters. The first-order valence-corrected chi connectivity index (χ1v) is 10.4. The molecule has 0 aliphatic heterocycles. The Morgan fingerprint density at radius 2 is 1.96 bits per heavy atom. The zero-order chi connectivity index (χ0) is 19.2. The Hall–Kier alpha value is -2.03. The minimum atomic E-state index is -4.17. The predicted molar refractivity (Wildman–Crippen MR) is 105 cm³/mol. The van der Waals surface area contributed by atoms with Crippen molar-refractivity contribution in [2.75, 3.05) is 21.5 Å². The molecule has 2 rings (SSSR count). The number of rotatable bonds is 8. The second-order valence-electron chi connectivity index (χ2n) is 5.08. The van der Waals surface area contributed by atoms with Crippen molar-refractivity contribution in [2.45, 2.75) is 4.90 Å². The van der Waals surface area contributed by atoms with Gasteiger partial charge in [0, 0.05) is 10.8 Å². The highest BCUT2D eigenvalue weighted by Gasteiger charge is 2.20. The SMILES string of the molecule is C=CCSCC(=O)Nc1cc(Cl)ccc1NS(=O)(=O)c1ccccc1F. The highest BCUT2D eigenvalue weighted by molar-refractivity contribution is 8.00. The first kappa shape index (κ1) is 20.3. The van der Waals surface area contributed by atoms with E-state index >= 15 is 0 Å². The summed E-state index contributed by atoms with van der Waals surface area (Å²) < 4.78 is 41.0. The molecular formula is C17H16ClFN2O3S2. The lowest BCUT2D eigenvalue weighted by molar-refractivity contribution is -0.113. The van der Waals surface area contributed by atoms with Gasteiger partial charge in [0.05, 0.1) is 17.1 Å². The molecule has 0 aliphatic rings. The Labute approximate surface area is 160 Å². The summed E-state index contributed by atoms with van der Waals surface area (Å²) in [6.45, 7) is 3.57. The summed E-state index contributed by atoms with van der Waals surface area (Å²) in [6.07, 6.45) is 1.67. The molecule has 0 unspecified atom stereocenters. The topological polar surface area (TPSA) is 75.3 Å². The predicted octanol–water partition coefficient (Wildman–Crippen LogP) is 4.14. The molecule has 5 nitrogen and oxygen atoms in total. The molecule has 0 saturated carbocycles. The zero-order valence-electron chi connectivity index (χ0n) is 13.5. The van der Waals surface area contributed by atoms with Crippen LogP contribution in [0.5, 0.6) is 0 Å². The summed E-state index contributed by atoms with van der Waals surface area (Å²) in [4.78, 5) is 11.5. The van der Waals surface area contributed by atoms with Crippen molar-refractivity contribution in [3.8, 4) is 0 Å². The van der Waals surface area contributed by atoms with Gasteiger partial charge in [-0.15, -0.1) is 18.3 Å². The van der Waals surface area contributed by atoms with Crippen LogP contribution in [0.4, 0.5) is 15.8 Å². The van der Waals surface area contributed by atoms with Crippen molar-refractivity contribution >= 4 is 50.7 Å². The summed E-state index contributed by atoms with van der Waals surface area (Å²) in [5.74, 6) is -0.431. The van der Waals surface area contributed by atoms with E-state index in [4.69, 9.17) is 11.6 Å². The van der Waals surface area contributed by atoms with Gasteiger partial charge in [0.15, 0.2) is 0 Å². The van der Waals surface area contributed by atoms with E-state index in [0.29, 0.717) is 10.8 Å². The monoisotopic (exact) mass is 414 g/mol. The zero-order valence-corrected chi connectivity index (χ0v) is 15.9. The van der Waals surface area contributed by atoms with Crippen LogP contribution in [0.25, 0.3) is 0 Å². The molecule has 1 amide bonds. The first-order valence-electron chi connectivity index (χ1n) is 7.39. The van der Waals surface area contributed by atoms with Crippen LogP contribution >= 0.6 is 23.4 Å². The van der Waals surface area contributed by atoms with Gasteiger partial charge in [0.2, 0.25) is 5.91 Å². The van der Waals surface area contributed by atoms with E-state index in [1.807, 2.05) is 0 Å². The molecule has 0 radical (unpaired) electrons. The number of hydrogen-bond acceptors (Lipinski definition) is 4. The molecule has 2 N–H and O–H groups in total. The van der Waals surface area contributed by atoms with Gasteiger partial charge in [-0.2, -0.15) is 0 Å². The molecule has 9 heteroatoms. The van der Waals surface area contributed by atoms with Gasteiger partial charge in [0.1, 0.15) is 10.7 Å². The number of thioether (sulfide) groups is 1. The van der Waals surface area contributed by atoms with E-state index in [2.05, 4.69) is 16.6 Å². The molecule has 26 heavy (non-hydrogen) atoms. The number of anilines is 2. The lowest BCUT2D eigenvalue weighted by Crippen LogP contribution is -2.19. The number of sulfonamides is 1. The first-order chi connectivity index (χ1) is 12.3. The van der Waals surface area contributed by atoms with E-state index in [0.717, 1.165) is 12.1 Å². The molecule has 0 bridgehead atoms. The van der Waals surface area contributed by atoms with Crippen LogP contribution in [-0.4, -0.2) is 25.8 Å². The number of benzene rings is 2. The van der Waals surface area contributed by atoms with E-state index in [1.54, 1.807) is 6.08 Å². The minimum Gasteiger partial charge on any atom is -0.324 e. The number of amides is 1. The molecule has 0 aliphatic carbocycles. The highest BCUT2D eigenvalue weighted by atomic mass is 35.5. The second-order valence-corrected chi connectivity index (χ2v) is 8.20. The molecule has 0 saturated heterocycles. The minimum absolute atomic E-state index is 0.0831. The van der Waals surface area contributed by atoms with Crippen LogP contribution in [0.1, 0.15) is 0 Å². The fraction of sp³-hybridized carbons (Fsp3) is 0.118. The second kappa shape index (κ2) is 9.07. The number of nitrogens with one attached hydrogen (secondary N) is 2. The van der Waals surface area contributed by atoms with Crippen LogP contribution in [0.2, 0.25) is 5.02 Å². The molecule has 2 aromatic carbocycles. The van der Waals surface area contributed by atoms with Crippen molar-refractivity contribution in [3.63, 3.8) is 0 Å². The fourth-order valence-electron chi connectivity index (χ4n) is 1.99. The number of carbonyl (C=O) groups excluding carboxylic acids is 1. The quantitative estimate of drug-likeness (QED) is 0.503. The van der Waals surface area contributed by atoms with E-state index in [-0.39, 0.29) is 23.0 Å². The normalized spacial score (nSPS) is 11.0. The summed E-state index contributed by atoms with van der Waals surface area (Å²) in [5, 5.41) is 2.91. The summed E-state index contributed by atoms with van der Waals surface area (Å²) in [7, 11) is -4.17. The van der Waals surface area contributed by atoms with Gasteiger partial charge < -0.3 is 5.32 Å². The van der Waals surface area contributed by atoms with Crippen molar-refractivity contribution in [2.24, 2.45) is 0 Å². The van der Waals surface area contributed by atoms with E-state index in [1.165, 1.54) is 42.1 Å². The van der Waals surface area contributed by atoms with Crippen molar-refractivity contribution in [3.05, 3.63) is 66.0 Å². The Morgan fingerprint density at radius 1 is 1.23 bits per heavy atom. The third-order valence-electron chi connectivity index (χ3n) is 3.10. The molecule has 0 heterocycles. The van der Waals surface area contributed by atoms with Crippen molar-refractivity contribution < 1.29 is 17.6 Å². The standard InChI is InChI=1S/C17H16ClFN2O3S2/c1-2-9-25-11-17(22)20-15-10-12(18)7-8-14(15)21-26(23,24)16-6-4-3-5-13(16)19/h2-8,10,21H,1,9,11H2,(H,20,22). The molecular weight excluding hydrogens is 399 g/mol. The van der Waals surface area contributed by atoms with E-state index in [9.17, 15) is 17.6 Å². The number of hydrogen-bond donors (Lipinski definition) is 2. The summed E-state index contributed by atoms with van der Waals surface area (Å²) in [6, 6.07) is 9.28. The van der Waals surface area contributed by atoms with Crippen LogP contribution in [-0.2, 0) is 14.8 Å². The van der Waals surface area contributed by atoms with Crippen molar-refractivity contribution in [1.29, 1.82) is 0 Å². The average Bonchev–Trinajstić information content (AvgIpc) is 2.58. The largest absolute Gasteiger partial charge is 0.324 e. The van der Waals surface area contributed by atoms with Crippen LogP contribution < -0.4 is 10.0 Å². The maximum atomic E-state index is 13.8. The lowest BCUT2D eigenvalue weighted by Gasteiger charge is -2.14. The third-order valence-corrected chi connectivity index (χ3v) is 5.67. The Balaban J connectivity index is 2.25. The van der Waals surface area contributed by atoms with Gasteiger partial charge in [0.25, 0.3) is 10.0 Å². The lowest BCUT2D eigenvalue weighted by atomic mass is 10.2. The third kappa shape index (κ3) is 5.48. The fourth-order valence-corrected chi connectivity index (χ4v) is 3.87. The van der Waals surface area contributed by atoms with Crippen LogP contribution in [0.3, 0.4) is 0 Å². The summed E-state index contributed by atoms with van der Waals surface area (Å²) in [5.41, 5.74) is 0.265. The smallest absolute Gasteiger partial charge is 0.264 e.